The number of esters is 1. The van der Waals surface area contributed by atoms with Crippen LogP contribution in [-0.4, -0.2) is 30.6 Å². The lowest BCUT2D eigenvalue weighted by molar-refractivity contribution is -0.139. The largest absolute Gasteiger partial charge is 0.463 e. The van der Waals surface area contributed by atoms with Crippen LogP contribution in [0.3, 0.4) is 0 Å². The highest BCUT2D eigenvalue weighted by Crippen LogP contribution is 2.39. The summed E-state index contributed by atoms with van der Waals surface area (Å²) in [7, 11) is 0. The smallest absolute Gasteiger partial charge is 0.338 e. The Morgan fingerprint density at radius 2 is 2.10 bits per heavy atom. The Balaban J connectivity index is 1.94. The minimum Gasteiger partial charge on any atom is -0.463 e. The van der Waals surface area contributed by atoms with Gasteiger partial charge in [0.2, 0.25) is 5.88 Å². The minimum atomic E-state index is -0.589. The molecule has 1 atom stereocenters. The summed E-state index contributed by atoms with van der Waals surface area (Å²) in [5.74, 6) is 0.130. The number of piperidine rings is 1. The number of benzene rings is 1. The number of carbonyl (C=O) groups excluding carboxylic acids is 1. The fourth-order valence-corrected chi connectivity index (χ4v) is 4.04. The number of rotatable bonds is 5. The molecule has 1 aromatic rings. The molecule has 1 unspecified atom stereocenters. The molecule has 6 heteroatoms. The van der Waals surface area contributed by atoms with Crippen molar-refractivity contribution in [2.45, 2.75) is 46.1 Å². The van der Waals surface area contributed by atoms with Crippen molar-refractivity contribution in [2.75, 3.05) is 19.7 Å². The molecule has 0 aliphatic carbocycles. The van der Waals surface area contributed by atoms with Gasteiger partial charge in [0, 0.05) is 6.54 Å². The van der Waals surface area contributed by atoms with Crippen molar-refractivity contribution in [3.63, 3.8) is 0 Å². The molecule has 0 amide bonds. The van der Waals surface area contributed by atoms with Crippen molar-refractivity contribution in [3.8, 4) is 6.07 Å². The van der Waals surface area contributed by atoms with Crippen LogP contribution in [0.1, 0.15) is 50.7 Å². The zero-order valence-electron chi connectivity index (χ0n) is 17.4. The van der Waals surface area contributed by atoms with Crippen LogP contribution in [-0.2, 0) is 20.8 Å². The number of nitrogens with zero attached hydrogens (tertiary/aromatic N) is 2. The predicted octanol–water partition coefficient (Wildman–Crippen LogP) is 3.56. The maximum Gasteiger partial charge on any atom is 0.338 e. The average molecular weight is 396 g/mol. The molecule has 0 aromatic heterocycles. The average Bonchev–Trinajstić information content (AvgIpc) is 2.69. The van der Waals surface area contributed by atoms with E-state index in [2.05, 4.69) is 30.0 Å². The van der Waals surface area contributed by atoms with E-state index in [4.69, 9.17) is 15.2 Å². The maximum atomic E-state index is 12.7. The maximum absolute atomic E-state index is 12.7. The summed E-state index contributed by atoms with van der Waals surface area (Å²) in [4.78, 5) is 15.1. The number of nitriles is 1. The second kappa shape index (κ2) is 9.15. The molecule has 0 saturated carbocycles. The first-order valence-corrected chi connectivity index (χ1v) is 10.2. The van der Waals surface area contributed by atoms with Crippen LogP contribution in [0.25, 0.3) is 0 Å². The van der Waals surface area contributed by atoms with E-state index in [1.807, 2.05) is 12.1 Å². The summed E-state index contributed by atoms with van der Waals surface area (Å²) in [6.45, 7) is 9.01. The Kier molecular flexibility index (Phi) is 6.60. The van der Waals surface area contributed by atoms with Crippen molar-refractivity contribution >= 4 is 5.97 Å². The Hall–Kier alpha value is -2.78. The number of carbonyl (C=O) groups is 1. The molecule has 0 spiro atoms. The fraction of sp³-hybridized carbons (Fsp3) is 0.478. The molecule has 1 saturated heterocycles. The number of nitrogens with two attached hydrogens (primary N) is 1. The van der Waals surface area contributed by atoms with Gasteiger partial charge in [-0.25, -0.2) is 4.79 Å². The van der Waals surface area contributed by atoms with Crippen LogP contribution in [0.5, 0.6) is 0 Å². The molecule has 0 bridgehead atoms. The lowest BCUT2D eigenvalue weighted by Gasteiger charge is -2.30. The zero-order chi connectivity index (χ0) is 21.0. The molecular formula is C23H29N3O3. The lowest BCUT2D eigenvalue weighted by Crippen LogP contribution is -2.32. The van der Waals surface area contributed by atoms with E-state index in [0.29, 0.717) is 11.3 Å². The van der Waals surface area contributed by atoms with E-state index in [1.165, 1.54) is 12.8 Å². The van der Waals surface area contributed by atoms with Gasteiger partial charge in [0.25, 0.3) is 0 Å². The Morgan fingerprint density at radius 1 is 1.38 bits per heavy atom. The molecule has 154 valence electrons. The Morgan fingerprint density at radius 3 is 2.76 bits per heavy atom. The summed E-state index contributed by atoms with van der Waals surface area (Å²) in [6.07, 6.45) is 2.43. The highest BCUT2D eigenvalue weighted by Gasteiger charge is 2.36. The predicted molar refractivity (Wildman–Crippen MR) is 110 cm³/mol. The first-order valence-electron chi connectivity index (χ1n) is 10.2. The van der Waals surface area contributed by atoms with E-state index in [0.717, 1.165) is 36.7 Å². The first kappa shape index (κ1) is 20.9. The standard InChI is InChI=1S/C23H29N3O3/c1-4-28-23(27)20-16(3)29-22(25)19(13-24)21(20)18-7-5-6-17(12-18)14-26-10-8-15(2)9-11-26/h5-7,12,15,21H,4,8-11,14,25H2,1-3H3. The van der Waals surface area contributed by atoms with Crippen LogP contribution >= 0.6 is 0 Å². The summed E-state index contributed by atoms with van der Waals surface area (Å²) in [5, 5.41) is 9.71. The van der Waals surface area contributed by atoms with Gasteiger partial charge in [-0.3, -0.25) is 4.90 Å². The summed E-state index contributed by atoms with van der Waals surface area (Å²) in [5.41, 5.74) is 8.56. The quantitative estimate of drug-likeness (QED) is 0.767. The van der Waals surface area contributed by atoms with Crippen LogP contribution in [0.15, 0.2) is 47.1 Å². The van der Waals surface area contributed by atoms with Crippen LogP contribution < -0.4 is 5.73 Å². The third-order valence-electron chi connectivity index (χ3n) is 5.67. The highest BCUT2D eigenvalue weighted by molar-refractivity contribution is 5.92. The monoisotopic (exact) mass is 395 g/mol. The third kappa shape index (κ3) is 4.63. The molecule has 0 radical (unpaired) electrons. The molecule has 2 aliphatic rings. The van der Waals surface area contributed by atoms with E-state index in [9.17, 15) is 10.1 Å². The van der Waals surface area contributed by atoms with E-state index in [-0.39, 0.29) is 18.1 Å². The number of likely N-dealkylation sites (tertiary alicyclic amines) is 1. The van der Waals surface area contributed by atoms with Gasteiger partial charge < -0.3 is 15.2 Å². The summed E-state index contributed by atoms with van der Waals surface area (Å²) >= 11 is 0. The number of hydrogen-bond donors (Lipinski definition) is 1. The van der Waals surface area contributed by atoms with Gasteiger partial charge in [0.1, 0.15) is 17.4 Å². The molecule has 2 heterocycles. The van der Waals surface area contributed by atoms with Gasteiger partial charge in [0.15, 0.2) is 0 Å². The Bertz CT molecular complexity index is 874. The fourth-order valence-electron chi connectivity index (χ4n) is 4.04. The number of ether oxygens (including phenoxy) is 2. The van der Waals surface area contributed by atoms with Crippen molar-refractivity contribution in [3.05, 3.63) is 58.2 Å². The lowest BCUT2D eigenvalue weighted by atomic mass is 9.82. The van der Waals surface area contributed by atoms with E-state index in [1.54, 1.807) is 13.8 Å². The van der Waals surface area contributed by atoms with Gasteiger partial charge in [-0.1, -0.05) is 31.2 Å². The van der Waals surface area contributed by atoms with Crippen molar-refractivity contribution in [1.82, 2.24) is 4.90 Å². The Labute approximate surface area is 172 Å². The summed E-state index contributed by atoms with van der Waals surface area (Å²) in [6, 6.07) is 10.2. The number of allylic oxidation sites excluding steroid dienone is 2. The SMILES string of the molecule is CCOC(=O)C1=C(C)OC(N)=C(C#N)C1c1cccc(CN2CCC(C)CC2)c1. The molecule has 1 fully saturated rings. The van der Waals surface area contributed by atoms with Gasteiger partial charge in [-0.15, -0.1) is 0 Å². The van der Waals surface area contributed by atoms with Gasteiger partial charge in [-0.05, 0) is 56.8 Å². The molecule has 2 aliphatic heterocycles. The molecule has 1 aromatic carbocycles. The van der Waals surface area contributed by atoms with Gasteiger partial charge in [0.05, 0.1) is 18.1 Å². The van der Waals surface area contributed by atoms with Crippen LogP contribution in [0.4, 0.5) is 0 Å². The van der Waals surface area contributed by atoms with Crippen molar-refractivity contribution in [2.24, 2.45) is 11.7 Å². The van der Waals surface area contributed by atoms with Crippen molar-refractivity contribution < 1.29 is 14.3 Å². The van der Waals surface area contributed by atoms with Crippen LogP contribution in [0.2, 0.25) is 0 Å². The van der Waals surface area contributed by atoms with E-state index >= 15 is 0 Å². The van der Waals surface area contributed by atoms with Crippen molar-refractivity contribution in [1.29, 1.82) is 5.26 Å². The molecular weight excluding hydrogens is 366 g/mol. The van der Waals surface area contributed by atoms with Gasteiger partial charge >= 0.3 is 5.97 Å². The third-order valence-corrected chi connectivity index (χ3v) is 5.67. The molecule has 3 rings (SSSR count). The minimum absolute atomic E-state index is 0.0402. The van der Waals surface area contributed by atoms with E-state index < -0.39 is 11.9 Å². The van der Waals surface area contributed by atoms with Gasteiger partial charge in [-0.2, -0.15) is 5.26 Å². The molecule has 6 nitrogen and oxygen atoms in total. The zero-order valence-corrected chi connectivity index (χ0v) is 17.4. The highest BCUT2D eigenvalue weighted by atomic mass is 16.5. The van der Waals surface area contributed by atoms with Crippen LogP contribution in [0, 0.1) is 17.2 Å². The first-order chi connectivity index (χ1) is 13.9. The summed E-state index contributed by atoms with van der Waals surface area (Å²) < 4.78 is 10.7. The topological polar surface area (TPSA) is 88.6 Å². The molecule has 29 heavy (non-hydrogen) atoms. The second-order valence-corrected chi connectivity index (χ2v) is 7.82. The molecule has 2 N–H and O–H groups in total. The second-order valence-electron chi connectivity index (χ2n) is 7.82. The normalized spacial score (nSPS) is 21.0. The number of hydrogen-bond acceptors (Lipinski definition) is 6.